The van der Waals surface area contributed by atoms with E-state index in [4.69, 9.17) is 35.3 Å². The molecule has 8 rings (SSSR count). The molecule has 4 atom stereocenters. The second kappa shape index (κ2) is 15.8. The van der Waals surface area contributed by atoms with Crippen molar-refractivity contribution < 1.29 is 41.7 Å². The molecule has 4 saturated heterocycles. The second-order valence-corrected chi connectivity index (χ2v) is 17.4. The van der Waals surface area contributed by atoms with Crippen molar-refractivity contribution in [3.63, 3.8) is 0 Å². The lowest BCUT2D eigenvalue weighted by Crippen LogP contribution is -2.57. The molecule has 312 valence electrons. The summed E-state index contributed by atoms with van der Waals surface area (Å²) in [5.41, 5.74) is -0.509. The van der Waals surface area contributed by atoms with Crippen molar-refractivity contribution in [1.29, 1.82) is 0 Å². The fourth-order valence-corrected chi connectivity index (χ4v) is 9.65. The lowest BCUT2D eigenvalue weighted by Gasteiger charge is -2.42. The van der Waals surface area contributed by atoms with Gasteiger partial charge in [-0.15, -0.1) is 6.42 Å². The van der Waals surface area contributed by atoms with E-state index in [2.05, 4.69) is 10.8 Å². The number of terminal acetylenes is 1. The Hall–Kier alpha value is -5.13. The number of carbonyl (C=O) groups excluding carboxylic acids is 2. The highest BCUT2D eigenvalue weighted by atomic mass is 19.1. The lowest BCUT2D eigenvalue weighted by atomic mass is 9.88. The average molecular weight is 814 g/mol. The van der Waals surface area contributed by atoms with Crippen LogP contribution in [0.25, 0.3) is 32.8 Å². The van der Waals surface area contributed by atoms with Gasteiger partial charge in [-0.1, -0.05) is 12.0 Å². The summed E-state index contributed by atoms with van der Waals surface area (Å²) in [5, 5.41) is 1.18. The van der Waals surface area contributed by atoms with E-state index in [0.29, 0.717) is 59.3 Å². The average Bonchev–Trinajstić information content (AvgIpc) is 3.81. The van der Waals surface area contributed by atoms with Gasteiger partial charge in [0.05, 0.1) is 23.2 Å². The highest BCUT2D eigenvalue weighted by Gasteiger charge is 2.50. The zero-order valence-electron chi connectivity index (χ0n) is 34.2. The molecule has 11 nitrogen and oxygen atoms in total. The number of hydrogen-bond donors (Lipinski definition) is 0. The number of nitrogens with zero attached hydrogens (tertiary/aromatic N) is 5. The van der Waals surface area contributed by atoms with E-state index >= 15 is 8.78 Å². The van der Waals surface area contributed by atoms with Crippen LogP contribution in [-0.4, -0.2) is 108 Å². The molecule has 0 aliphatic carbocycles. The summed E-state index contributed by atoms with van der Waals surface area (Å²) >= 11 is 0. The van der Waals surface area contributed by atoms with Crippen LogP contribution < -0.4 is 14.4 Å². The van der Waals surface area contributed by atoms with Crippen LogP contribution >= 0.6 is 0 Å². The van der Waals surface area contributed by atoms with Gasteiger partial charge in [-0.25, -0.2) is 18.0 Å². The molecule has 2 bridgehead atoms. The van der Waals surface area contributed by atoms with E-state index in [0.717, 1.165) is 32.2 Å². The van der Waals surface area contributed by atoms with Gasteiger partial charge in [0, 0.05) is 55.9 Å². The Morgan fingerprint density at radius 2 is 1.81 bits per heavy atom. The molecule has 0 radical (unpaired) electrons. The first-order valence-electron chi connectivity index (χ1n) is 20.3. The maximum Gasteiger partial charge on any atom is 0.410 e. The Balaban J connectivity index is 1.31. The number of halogens is 3. The number of alkyl halides is 1. The molecular formula is C45H50F3N5O6. The molecule has 1 aromatic heterocycles. The summed E-state index contributed by atoms with van der Waals surface area (Å²) in [5.74, 6) is 1.70. The summed E-state index contributed by atoms with van der Waals surface area (Å²) in [6.45, 7) is 8.88. The first-order chi connectivity index (χ1) is 28.2. The topological polar surface area (TPSA) is 107 Å². The molecule has 3 aromatic carbocycles. The number of fused-ring (bicyclic) bond motifs is 5. The van der Waals surface area contributed by atoms with E-state index in [1.807, 2.05) is 30.6 Å². The zero-order valence-corrected chi connectivity index (χ0v) is 34.2. The summed E-state index contributed by atoms with van der Waals surface area (Å²) in [6, 6.07) is 7.43. The van der Waals surface area contributed by atoms with Gasteiger partial charge in [0.15, 0.2) is 12.6 Å². The molecule has 1 amide bonds. The van der Waals surface area contributed by atoms with E-state index in [9.17, 15) is 14.0 Å². The number of hydrogen-bond acceptors (Lipinski definition) is 10. The molecule has 59 heavy (non-hydrogen) atoms. The van der Waals surface area contributed by atoms with Crippen LogP contribution in [0.4, 0.5) is 23.8 Å². The minimum absolute atomic E-state index is 0.0540. The number of amides is 1. The third-order valence-electron chi connectivity index (χ3n) is 12.1. The minimum Gasteiger partial charge on any atom is -0.468 e. The van der Waals surface area contributed by atoms with Crippen molar-refractivity contribution in [3.8, 4) is 35.2 Å². The predicted molar refractivity (Wildman–Crippen MR) is 217 cm³/mol. The van der Waals surface area contributed by atoms with Gasteiger partial charge in [0.2, 0.25) is 0 Å². The summed E-state index contributed by atoms with van der Waals surface area (Å²) in [6.07, 6.45) is 8.27. The van der Waals surface area contributed by atoms with Crippen molar-refractivity contribution in [2.75, 3.05) is 51.6 Å². The van der Waals surface area contributed by atoms with Gasteiger partial charge in [-0.3, -0.25) is 9.80 Å². The fourth-order valence-electron chi connectivity index (χ4n) is 9.65. The van der Waals surface area contributed by atoms with Crippen molar-refractivity contribution in [2.45, 2.75) is 102 Å². The third kappa shape index (κ3) is 7.75. The molecule has 0 saturated carbocycles. The van der Waals surface area contributed by atoms with E-state index in [1.54, 1.807) is 24.3 Å². The van der Waals surface area contributed by atoms with E-state index in [-0.39, 0.29) is 78.4 Å². The second-order valence-electron chi connectivity index (χ2n) is 17.4. The van der Waals surface area contributed by atoms with Crippen molar-refractivity contribution in [3.05, 3.63) is 53.1 Å². The molecule has 0 N–H and O–H groups in total. The van der Waals surface area contributed by atoms with Crippen LogP contribution in [0.2, 0.25) is 0 Å². The number of ether oxygens (including phenoxy) is 4. The van der Waals surface area contributed by atoms with Gasteiger partial charge in [0.1, 0.15) is 47.1 Å². The maximum absolute atomic E-state index is 18.0. The number of aryl methyl sites for hydroxylation is 1. The van der Waals surface area contributed by atoms with Gasteiger partial charge >= 0.3 is 12.1 Å². The molecule has 5 heterocycles. The number of piperazine rings is 1. The highest BCUT2D eigenvalue weighted by molar-refractivity contribution is 6.05. The normalized spacial score (nSPS) is 22.9. The van der Waals surface area contributed by atoms with Crippen LogP contribution in [-0.2, 0) is 20.7 Å². The van der Waals surface area contributed by atoms with Gasteiger partial charge in [-0.05, 0) is 107 Å². The standard InChI is InChI=1S/C45H50F3N5O6/c1-7-33-36(47)14-11-27-17-32(58-25-56-6)19-34(37(27)33)38-28(10-9-26(2)54)18-35-40(39(38)48)49-42(57-24-45-15-8-16-52(45)21-29(46)20-45)50-41(35)51-22-30-12-13-31(23-51)53(30)43(55)59-44(3,4)5/h1,11,14,17-19,29-31H,8-10,12-13,15-16,20-25H2,2-6H3/t29-,30-,31+,45+/m1/s1. The smallest absolute Gasteiger partial charge is 0.410 e. The maximum atomic E-state index is 18.0. The number of benzene rings is 3. The Morgan fingerprint density at radius 1 is 1.05 bits per heavy atom. The molecule has 0 spiro atoms. The number of carbonyl (C=O) groups is 2. The quantitative estimate of drug-likeness (QED) is 0.110. The van der Waals surface area contributed by atoms with Crippen molar-refractivity contribution in [2.24, 2.45) is 0 Å². The molecule has 4 aliphatic heterocycles. The number of Topliss-reactive ketones (excluding diaryl/α,β-unsaturated/α-hetero) is 1. The molecule has 4 aliphatic rings. The fraction of sp³-hybridized carbons (Fsp3) is 0.511. The largest absolute Gasteiger partial charge is 0.468 e. The number of aromatic nitrogens is 2. The highest BCUT2D eigenvalue weighted by Crippen LogP contribution is 2.45. The van der Waals surface area contributed by atoms with E-state index in [1.165, 1.54) is 20.1 Å². The first kappa shape index (κ1) is 40.6. The van der Waals surface area contributed by atoms with Crippen LogP contribution in [0.15, 0.2) is 30.3 Å². The van der Waals surface area contributed by atoms with Crippen LogP contribution in [0.5, 0.6) is 11.8 Å². The molecular weight excluding hydrogens is 764 g/mol. The Bertz CT molecular complexity index is 2350. The molecule has 4 fully saturated rings. The number of anilines is 1. The Labute approximate surface area is 342 Å². The first-order valence-corrected chi connectivity index (χ1v) is 20.3. The van der Waals surface area contributed by atoms with Crippen LogP contribution in [0.1, 0.15) is 77.3 Å². The minimum atomic E-state index is -0.978. The third-order valence-corrected chi connectivity index (χ3v) is 12.1. The summed E-state index contributed by atoms with van der Waals surface area (Å²) in [4.78, 5) is 41.6. The predicted octanol–water partition coefficient (Wildman–Crippen LogP) is 7.76. The molecule has 4 aromatic rings. The van der Waals surface area contributed by atoms with E-state index < -0.39 is 28.9 Å². The summed E-state index contributed by atoms with van der Waals surface area (Å²) < 4.78 is 71.5. The zero-order chi connectivity index (χ0) is 41.8. The Morgan fingerprint density at radius 3 is 2.51 bits per heavy atom. The lowest BCUT2D eigenvalue weighted by molar-refractivity contribution is -0.116. The summed E-state index contributed by atoms with van der Waals surface area (Å²) in [7, 11) is 1.48. The molecule has 0 unspecified atom stereocenters. The number of rotatable bonds is 11. The Kier molecular flexibility index (Phi) is 10.9. The van der Waals surface area contributed by atoms with Gasteiger partial charge in [-0.2, -0.15) is 9.97 Å². The number of ketones is 1. The van der Waals surface area contributed by atoms with Crippen LogP contribution in [0.3, 0.4) is 0 Å². The van der Waals surface area contributed by atoms with Crippen molar-refractivity contribution >= 4 is 39.4 Å². The van der Waals surface area contributed by atoms with Crippen LogP contribution in [0, 0.1) is 24.0 Å². The monoisotopic (exact) mass is 813 g/mol. The van der Waals surface area contributed by atoms with Gasteiger partial charge in [0.25, 0.3) is 0 Å². The van der Waals surface area contributed by atoms with Crippen molar-refractivity contribution in [1.82, 2.24) is 19.8 Å². The SMILES string of the molecule is C#Cc1c(F)ccc2cc(OCOC)cc(-c3c(CCC(C)=O)cc4c(N5C[C@H]6CC[C@@H](C5)N6C(=O)OC(C)(C)C)nc(OC[C@@]56CCCN5C[C@H](F)C6)nc4c3F)c12. The molecule has 14 heteroatoms. The number of methoxy groups -OCH3 is 1. The van der Waals surface area contributed by atoms with Gasteiger partial charge < -0.3 is 28.6 Å².